The molecule has 128 valence electrons. The average Bonchev–Trinajstić information content (AvgIpc) is 2.98. The Morgan fingerprint density at radius 1 is 1.42 bits per heavy atom. The van der Waals surface area contributed by atoms with Crippen LogP contribution in [0, 0.1) is 5.82 Å². The molecular formula is C16H19FN4O3. The van der Waals surface area contributed by atoms with Crippen LogP contribution in [-0.2, 0) is 31.4 Å². The van der Waals surface area contributed by atoms with Gasteiger partial charge in [0.25, 0.3) is 0 Å². The lowest BCUT2D eigenvalue weighted by Crippen LogP contribution is -2.36. The number of aromatic nitrogens is 2. The van der Waals surface area contributed by atoms with E-state index in [1.54, 1.807) is 10.9 Å². The monoisotopic (exact) mass is 334 g/mol. The molecule has 0 saturated carbocycles. The second-order valence-electron chi connectivity index (χ2n) is 5.47. The van der Waals surface area contributed by atoms with E-state index in [4.69, 9.17) is 9.47 Å². The van der Waals surface area contributed by atoms with Crippen molar-refractivity contribution < 1.29 is 18.7 Å². The molecule has 3 rings (SSSR count). The van der Waals surface area contributed by atoms with E-state index in [1.807, 2.05) is 13.1 Å². The Morgan fingerprint density at radius 3 is 3.08 bits per heavy atom. The maximum absolute atomic E-state index is 13.6. The fourth-order valence-electron chi connectivity index (χ4n) is 2.56. The van der Waals surface area contributed by atoms with E-state index in [-0.39, 0.29) is 18.6 Å². The van der Waals surface area contributed by atoms with E-state index in [0.717, 1.165) is 11.3 Å². The molecule has 24 heavy (non-hydrogen) atoms. The number of halogens is 1. The molecule has 0 bridgehead atoms. The number of nitrogens with one attached hydrogen (secondary N) is 2. The summed E-state index contributed by atoms with van der Waals surface area (Å²) < 4.78 is 25.9. The number of hydrogen-bond donors (Lipinski definition) is 2. The van der Waals surface area contributed by atoms with Crippen LogP contribution in [0.3, 0.4) is 0 Å². The second kappa shape index (κ2) is 7.31. The van der Waals surface area contributed by atoms with Gasteiger partial charge in [0.05, 0.1) is 18.8 Å². The number of hydrogen-bond acceptors (Lipinski definition) is 4. The molecule has 2 amide bonds. The highest BCUT2D eigenvalue weighted by atomic mass is 19.1. The number of fused-ring (bicyclic) bond motifs is 1. The molecule has 8 heteroatoms. The van der Waals surface area contributed by atoms with Gasteiger partial charge >= 0.3 is 6.03 Å². The number of aryl methyl sites for hydroxylation is 1. The molecule has 2 N–H and O–H groups in total. The lowest BCUT2D eigenvalue weighted by molar-refractivity contribution is -0.0172. The van der Waals surface area contributed by atoms with E-state index in [9.17, 15) is 9.18 Å². The third-order valence-electron chi connectivity index (χ3n) is 3.78. The Balaban J connectivity index is 1.50. The summed E-state index contributed by atoms with van der Waals surface area (Å²) in [6, 6.07) is 4.38. The van der Waals surface area contributed by atoms with Gasteiger partial charge in [-0.1, -0.05) is 0 Å². The molecule has 0 radical (unpaired) electrons. The molecule has 0 unspecified atom stereocenters. The summed E-state index contributed by atoms with van der Waals surface area (Å²) in [5.74, 6) is 0.318. The van der Waals surface area contributed by atoms with E-state index in [2.05, 4.69) is 15.7 Å². The zero-order valence-corrected chi connectivity index (χ0v) is 13.3. The third kappa shape index (κ3) is 3.83. The highest BCUT2D eigenvalue weighted by Crippen LogP contribution is 2.29. The van der Waals surface area contributed by atoms with Crippen LogP contribution in [0.5, 0.6) is 5.75 Å². The Bertz CT molecular complexity index is 732. The van der Waals surface area contributed by atoms with E-state index >= 15 is 0 Å². The third-order valence-corrected chi connectivity index (χ3v) is 3.78. The molecule has 2 heterocycles. The average molecular weight is 334 g/mol. The first kappa shape index (κ1) is 16.3. The minimum absolute atomic E-state index is 0.157. The molecule has 0 spiro atoms. The summed E-state index contributed by atoms with van der Waals surface area (Å²) in [5.41, 5.74) is 2.31. The number of ether oxygens (including phenoxy) is 2. The molecule has 1 aliphatic heterocycles. The fraction of sp³-hybridized carbons (Fsp3) is 0.375. The standard InChI is InChI=1S/C16H19FN4O3/c1-21-14(3-5-20-21)8-19-16(22)18-4-2-11-6-13(17)7-12-9-23-10-24-15(11)12/h3,5-7H,2,4,8-10H2,1H3,(H2,18,19,22). The van der Waals surface area contributed by atoms with Crippen LogP contribution in [0.15, 0.2) is 24.4 Å². The van der Waals surface area contributed by atoms with E-state index in [0.29, 0.717) is 37.4 Å². The number of carbonyl (C=O) groups excluding carboxylic acids is 1. The zero-order chi connectivity index (χ0) is 16.9. The summed E-state index contributed by atoms with van der Waals surface area (Å²) in [6.45, 7) is 1.25. The maximum atomic E-state index is 13.6. The van der Waals surface area contributed by atoms with Crippen molar-refractivity contribution in [2.24, 2.45) is 7.05 Å². The summed E-state index contributed by atoms with van der Waals surface area (Å²) in [6.07, 6.45) is 2.14. The molecule has 0 aliphatic carbocycles. The first-order chi connectivity index (χ1) is 11.6. The number of carbonyl (C=O) groups is 1. The molecule has 0 fully saturated rings. The van der Waals surface area contributed by atoms with Gasteiger partial charge in [-0.05, 0) is 30.2 Å². The van der Waals surface area contributed by atoms with Crippen molar-refractivity contribution in [2.75, 3.05) is 13.3 Å². The number of nitrogens with zero attached hydrogens (tertiary/aromatic N) is 2. The van der Waals surface area contributed by atoms with Gasteiger partial charge in [-0.3, -0.25) is 4.68 Å². The summed E-state index contributed by atoms with van der Waals surface area (Å²) in [5, 5.41) is 9.53. The summed E-state index contributed by atoms with van der Waals surface area (Å²) >= 11 is 0. The fourth-order valence-corrected chi connectivity index (χ4v) is 2.56. The Hall–Kier alpha value is -2.61. The zero-order valence-electron chi connectivity index (χ0n) is 13.3. The van der Waals surface area contributed by atoms with E-state index < -0.39 is 0 Å². The Labute approximate surface area is 138 Å². The van der Waals surface area contributed by atoms with Gasteiger partial charge in [-0.2, -0.15) is 5.10 Å². The van der Waals surface area contributed by atoms with Gasteiger partial charge in [0, 0.05) is 25.4 Å². The van der Waals surface area contributed by atoms with Crippen LogP contribution >= 0.6 is 0 Å². The number of urea groups is 1. The minimum Gasteiger partial charge on any atom is -0.467 e. The van der Waals surface area contributed by atoms with Crippen LogP contribution in [-0.4, -0.2) is 29.1 Å². The smallest absolute Gasteiger partial charge is 0.315 e. The van der Waals surface area contributed by atoms with Crippen molar-refractivity contribution in [1.29, 1.82) is 0 Å². The van der Waals surface area contributed by atoms with Crippen molar-refractivity contribution in [3.63, 3.8) is 0 Å². The van der Waals surface area contributed by atoms with Crippen LogP contribution < -0.4 is 15.4 Å². The molecule has 1 aliphatic rings. The van der Waals surface area contributed by atoms with Gasteiger partial charge in [0.15, 0.2) is 6.79 Å². The Kier molecular flexibility index (Phi) is 4.95. The molecule has 7 nitrogen and oxygen atoms in total. The van der Waals surface area contributed by atoms with Gasteiger partial charge in [-0.15, -0.1) is 0 Å². The van der Waals surface area contributed by atoms with Crippen molar-refractivity contribution in [3.05, 3.63) is 47.0 Å². The molecule has 0 saturated heterocycles. The predicted molar refractivity (Wildman–Crippen MR) is 83.8 cm³/mol. The largest absolute Gasteiger partial charge is 0.467 e. The van der Waals surface area contributed by atoms with Gasteiger partial charge in [-0.25, -0.2) is 9.18 Å². The predicted octanol–water partition coefficient (Wildman–Crippen LogP) is 1.47. The molecular weight excluding hydrogens is 315 g/mol. The molecule has 2 aromatic rings. The maximum Gasteiger partial charge on any atom is 0.315 e. The lowest BCUT2D eigenvalue weighted by Gasteiger charge is -2.21. The number of benzene rings is 1. The highest BCUT2D eigenvalue weighted by Gasteiger charge is 2.16. The van der Waals surface area contributed by atoms with Crippen molar-refractivity contribution >= 4 is 6.03 Å². The van der Waals surface area contributed by atoms with Crippen molar-refractivity contribution in [2.45, 2.75) is 19.6 Å². The lowest BCUT2D eigenvalue weighted by atomic mass is 10.1. The van der Waals surface area contributed by atoms with Gasteiger partial charge in [0.2, 0.25) is 0 Å². The van der Waals surface area contributed by atoms with E-state index in [1.165, 1.54) is 12.1 Å². The van der Waals surface area contributed by atoms with Crippen molar-refractivity contribution in [3.8, 4) is 5.75 Å². The normalized spacial score (nSPS) is 13.1. The molecule has 1 aromatic carbocycles. The first-order valence-electron chi connectivity index (χ1n) is 7.64. The topological polar surface area (TPSA) is 77.4 Å². The minimum atomic E-state index is -0.335. The van der Waals surface area contributed by atoms with Gasteiger partial charge in [0.1, 0.15) is 11.6 Å². The quantitative estimate of drug-likeness (QED) is 0.868. The first-order valence-corrected chi connectivity index (χ1v) is 7.64. The van der Waals surface area contributed by atoms with Crippen LogP contribution in [0.4, 0.5) is 9.18 Å². The highest BCUT2D eigenvalue weighted by molar-refractivity contribution is 5.73. The summed E-state index contributed by atoms with van der Waals surface area (Å²) in [7, 11) is 1.81. The SMILES string of the molecule is Cn1nccc1CNC(=O)NCCc1cc(F)cc2c1OCOC2. The van der Waals surface area contributed by atoms with Gasteiger partial charge < -0.3 is 20.1 Å². The second-order valence-corrected chi connectivity index (χ2v) is 5.47. The molecule has 1 aromatic heterocycles. The van der Waals surface area contributed by atoms with Crippen LogP contribution in [0.1, 0.15) is 16.8 Å². The van der Waals surface area contributed by atoms with Crippen LogP contribution in [0.25, 0.3) is 0 Å². The van der Waals surface area contributed by atoms with Crippen LogP contribution in [0.2, 0.25) is 0 Å². The Morgan fingerprint density at radius 2 is 2.29 bits per heavy atom. The summed E-state index contributed by atoms with van der Waals surface area (Å²) in [4.78, 5) is 11.8. The molecule has 0 atom stereocenters. The number of rotatable bonds is 5. The van der Waals surface area contributed by atoms with Crippen molar-refractivity contribution in [1.82, 2.24) is 20.4 Å². The number of amides is 2.